The van der Waals surface area contributed by atoms with Crippen molar-refractivity contribution in [3.63, 3.8) is 0 Å². The van der Waals surface area contributed by atoms with Crippen molar-refractivity contribution in [1.29, 1.82) is 0 Å². The molecule has 0 radical (unpaired) electrons. The Balaban J connectivity index is 2.07. The molecule has 0 unspecified atom stereocenters. The molecule has 0 amide bonds. The molecule has 17 heavy (non-hydrogen) atoms. The molecule has 2 aliphatic rings. The molecule has 0 aromatic carbocycles. The molecule has 1 aliphatic heterocycles. The van der Waals surface area contributed by atoms with Crippen LogP contribution in [-0.4, -0.2) is 42.8 Å². The van der Waals surface area contributed by atoms with E-state index in [2.05, 4.69) is 0 Å². The van der Waals surface area contributed by atoms with E-state index < -0.39 is 10.0 Å². The Bertz CT molecular complexity index is 340. The van der Waals surface area contributed by atoms with E-state index >= 15 is 0 Å². The summed E-state index contributed by atoms with van der Waals surface area (Å²) in [6, 6.07) is 0.251. The highest BCUT2D eigenvalue weighted by Crippen LogP contribution is 2.36. The fraction of sp³-hybridized carbons (Fsp3) is 1.00. The van der Waals surface area contributed by atoms with E-state index in [4.69, 9.17) is 5.11 Å². The average molecular weight is 261 g/mol. The first-order valence-corrected chi connectivity index (χ1v) is 8.36. The number of fused-ring (bicyclic) bond motifs is 1. The molecule has 4 nitrogen and oxygen atoms in total. The van der Waals surface area contributed by atoms with Crippen LogP contribution in [0, 0.1) is 5.92 Å². The molecule has 0 aromatic rings. The van der Waals surface area contributed by atoms with Gasteiger partial charge in [0.05, 0.1) is 5.75 Å². The summed E-state index contributed by atoms with van der Waals surface area (Å²) < 4.78 is 26.2. The van der Waals surface area contributed by atoms with Gasteiger partial charge in [-0.2, -0.15) is 4.31 Å². The molecule has 1 saturated carbocycles. The van der Waals surface area contributed by atoms with Crippen molar-refractivity contribution in [2.24, 2.45) is 5.92 Å². The zero-order chi connectivity index (χ0) is 12.3. The predicted molar refractivity (Wildman–Crippen MR) is 67.2 cm³/mol. The maximum absolute atomic E-state index is 12.2. The molecule has 0 bridgehead atoms. The van der Waals surface area contributed by atoms with Crippen molar-refractivity contribution in [1.82, 2.24) is 4.31 Å². The van der Waals surface area contributed by atoms with Gasteiger partial charge in [-0.25, -0.2) is 8.42 Å². The SMILES string of the molecule is O=S(=O)(CCCO)N1CCC[C@H]2CCCC[C@H]21. The van der Waals surface area contributed by atoms with Crippen molar-refractivity contribution >= 4 is 10.0 Å². The first kappa shape index (κ1) is 13.3. The lowest BCUT2D eigenvalue weighted by atomic mass is 9.79. The highest BCUT2D eigenvalue weighted by molar-refractivity contribution is 7.89. The summed E-state index contributed by atoms with van der Waals surface area (Å²) in [6.45, 7) is 0.649. The van der Waals surface area contributed by atoms with Crippen LogP contribution in [0.25, 0.3) is 0 Å². The van der Waals surface area contributed by atoms with Crippen molar-refractivity contribution in [2.75, 3.05) is 18.9 Å². The highest BCUT2D eigenvalue weighted by Gasteiger charge is 2.38. The van der Waals surface area contributed by atoms with Crippen LogP contribution in [0.2, 0.25) is 0 Å². The lowest BCUT2D eigenvalue weighted by Gasteiger charge is -2.43. The van der Waals surface area contributed by atoms with E-state index in [-0.39, 0.29) is 18.4 Å². The van der Waals surface area contributed by atoms with E-state index in [0.717, 1.165) is 19.3 Å². The molecule has 1 N–H and O–H groups in total. The normalized spacial score (nSPS) is 31.1. The van der Waals surface area contributed by atoms with E-state index in [0.29, 0.717) is 18.9 Å². The molecule has 5 heteroatoms. The van der Waals surface area contributed by atoms with Gasteiger partial charge in [0.15, 0.2) is 0 Å². The predicted octanol–water partition coefficient (Wildman–Crippen LogP) is 1.35. The molecule has 2 atom stereocenters. The largest absolute Gasteiger partial charge is 0.396 e. The lowest BCUT2D eigenvalue weighted by Crippen LogP contribution is -2.50. The molecule has 0 spiro atoms. The summed E-state index contributed by atoms with van der Waals surface area (Å²) in [6.07, 6.45) is 7.19. The third kappa shape index (κ3) is 3.01. The fourth-order valence-corrected chi connectivity index (χ4v) is 5.11. The highest BCUT2D eigenvalue weighted by atomic mass is 32.2. The Kier molecular flexibility index (Phi) is 4.44. The number of rotatable bonds is 4. The molecule has 1 saturated heterocycles. The van der Waals surface area contributed by atoms with Crippen LogP contribution in [0.5, 0.6) is 0 Å². The standard InChI is InChI=1S/C12H23NO3S/c14-9-4-10-17(15,16)13-8-3-6-11-5-1-2-7-12(11)13/h11-12,14H,1-10H2/t11-,12-/m1/s1. The van der Waals surface area contributed by atoms with Crippen molar-refractivity contribution in [3.05, 3.63) is 0 Å². The Hall–Kier alpha value is -0.130. The number of hydrogen-bond donors (Lipinski definition) is 1. The first-order chi connectivity index (χ1) is 8.15. The third-order valence-electron chi connectivity index (χ3n) is 4.11. The summed E-state index contributed by atoms with van der Waals surface area (Å²) >= 11 is 0. The van der Waals surface area contributed by atoms with Gasteiger partial charge in [0, 0.05) is 19.2 Å². The van der Waals surface area contributed by atoms with Crippen LogP contribution in [-0.2, 0) is 10.0 Å². The quantitative estimate of drug-likeness (QED) is 0.831. The molecule has 1 heterocycles. The van der Waals surface area contributed by atoms with Gasteiger partial charge >= 0.3 is 0 Å². The first-order valence-electron chi connectivity index (χ1n) is 6.75. The van der Waals surface area contributed by atoms with Gasteiger partial charge in [-0.3, -0.25) is 0 Å². The van der Waals surface area contributed by atoms with Crippen molar-refractivity contribution in [3.8, 4) is 0 Å². The molecular formula is C12H23NO3S. The lowest BCUT2D eigenvalue weighted by molar-refractivity contribution is 0.129. The van der Waals surface area contributed by atoms with Crippen LogP contribution in [0.3, 0.4) is 0 Å². The number of aliphatic hydroxyl groups is 1. The van der Waals surface area contributed by atoms with Gasteiger partial charge in [-0.05, 0) is 38.0 Å². The molecule has 100 valence electrons. The Morgan fingerprint density at radius 2 is 1.82 bits per heavy atom. The van der Waals surface area contributed by atoms with Gasteiger partial charge in [-0.1, -0.05) is 12.8 Å². The topological polar surface area (TPSA) is 57.6 Å². The van der Waals surface area contributed by atoms with Crippen LogP contribution >= 0.6 is 0 Å². The van der Waals surface area contributed by atoms with E-state index in [1.165, 1.54) is 19.3 Å². The average Bonchev–Trinajstić information content (AvgIpc) is 2.36. The maximum atomic E-state index is 12.2. The second-order valence-electron chi connectivity index (χ2n) is 5.26. The zero-order valence-corrected chi connectivity index (χ0v) is 11.2. The van der Waals surface area contributed by atoms with Crippen LogP contribution in [0.15, 0.2) is 0 Å². The summed E-state index contributed by atoms with van der Waals surface area (Å²) in [7, 11) is -3.14. The van der Waals surface area contributed by atoms with E-state index in [1.807, 2.05) is 0 Å². The summed E-state index contributed by atoms with van der Waals surface area (Å²) in [4.78, 5) is 0. The fourth-order valence-electron chi connectivity index (χ4n) is 3.29. The Labute approximate surface area is 104 Å². The van der Waals surface area contributed by atoms with Crippen molar-refractivity contribution < 1.29 is 13.5 Å². The van der Waals surface area contributed by atoms with Gasteiger partial charge < -0.3 is 5.11 Å². The molecule has 2 rings (SSSR count). The van der Waals surface area contributed by atoms with Gasteiger partial charge in [-0.15, -0.1) is 0 Å². The van der Waals surface area contributed by atoms with Crippen LogP contribution < -0.4 is 0 Å². The Morgan fingerprint density at radius 3 is 2.59 bits per heavy atom. The van der Waals surface area contributed by atoms with E-state index in [1.54, 1.807) is 4.31 Å². The second-order valence-corrected chi connectivity index (χ2v) is 7.30. The van der Waals surface area contributed by atoms with Crippen LogP contribution in [0.4, 0.5) is 0 Å². The van der Waals surface area contributed by atoms with Gasteiger partial charge in [0.2, 0.25) is 10.0 Å². The molecule has 0 aromatic heterocycles. The number of sulfonamides is 1. The van der Waals surface area contributed by atoms with Crippen molar-refractivity contribution in [2.45, 2.75) is 51.0 Å². The number of aliphatic hydroxyl groups excluding tert-OH is 1. The minimum atomic E-state index is -3.14. The smallest absolute Gasteiger partial charge is 0.214 e. The summed E-state index contributed by atoms with van der Waals surface area (Å²) in [5, 5.41) is 8.78. The van der Waals surface area contributed by atoms with Gasteiger partial charge in [0.25, 0.3) is 0 Å². The van der Waals surface area contributed by atoms with Gasteiger partial charge in [0.1, 0.15) is 0 Å². The summed E-state index contributed by atoms with van der Waals surface area (Å²) in [5.74, 6) is 0.689. The zero-order valence-electron chi connectivity index (χ0n) is 10.3. The maximum Gasteiger partial charge on any atom is 0.214 e. The third-order valence-corrected chi connectivity index (χ3v) is 6.08. The molecule has 2 fully saturated rings. The molecule has 1 aliphatic carbocycles. The minimum Gasteiger partial charge on any atom is -0.396 e. The summed E-state index contributed by atoms with van der Waals surface area (Å²) in [5.41, 5.74) is 0. The number of piperidine rings is 1. The minimum absolute atomic E-state index is 0.0405. The monoisotopic (exact) mass is 261 g/mol. The number of nitrogens with zero attached hydrogens (tertiary/aromatic N) is 1. The molecular weight excluding hydrogens is 238 g/mol. The van der Waals surface area contributed by atoms with E-state index in [9.17, 15) is 8.42 Å². The van der Waals surface area contributed by atoms with Crippen LogP contribution in [0.1, 0.15) is 44.9 Å². The number of hydrogen-bond acceptors (Lipinski definition) is 3. The second kappa shape index (κ2) is 5.67. The Morgan fingerprint density at radius 1 is 1.12 bits per heavy atom.